The number of hydrogen-bond donors (Lipinski definition) is 2. The van der Waals surface area contributed by atoms with Crippen molar-refractivity contribution in [1.82, 2.24) is 30.2 Å². The topological polar surface area (TPSA) is 142 Å². The van der Waals surface area contributed by atoms with Crippen LogP contribution in [0.25, 0.3) is 33.7 Å². The lowest BCUT2D eigenvalue weighted by Gasteiger charge is -2.14. The number of benzene rings is 1. The summed E-state index contributed by atoms with van der Waals surface area (Å²) in [5, 5.41) is 3.49. The van der Waals surface area contributed by atoms with Gasteiger partial charge in [0.2, 0.25) is 5.89 Å². The number of carbonyl (C=O) groups excluding carboxylic acids is 1. The van der Waals surface area contributed by atoms with Gasteiger partial charge in [-0.3, -0.25) is 14.8 Å². The summed E-state index contributed by atoms with van der Waals surface area (Å²) in [7, 11) is 0. The van der Waals surface area contributed by atoms with E-state index in [4.69, 9.17) is 14.9 Å². The van der Waals surface area contributed by atoms with Crippen molar-refractivity contribution in [2.45, 2.75) is 19.6 Å². The zero-order valence-electron chi connectivity index (χ0n) is 20.4. The third kappa shape index (κ3) is 5.61. The van der Waals surface area contributed by atoms with Crippen molar-refractivity contribution in [3.05, 3.63) is 78.2 Å². The van der Waals surface area contributed by atoms with Gasteiger partial charge in [0, 0.05) is 28.9 Å². The fraction of sp³-hybridized carbons (Fsp3) is 0.154. The first kappa shape index (κ1) is 25.6. The summed E-state index contributed by atoms with van der Waals surface area (Å²) in [6.07, 6.45) is 1.32. The van der Waals surface area contributed by atoms with E-state index in [9.17, 15) is 18.0 Å². The van der Waals surface area contributed by atoms with Crippen LogP contribution in [-0.2, 0) is 6.54 Å². The second-order valence-corrected chi connectivity index (χ2v) is 8.37. The lowest BCUT2D eigenvalue weighted by atomic mass is 10.1. The smallest absolute Gasteiger partial charge is 0.422 e. The second kappa shape index (κ2) is 10.4. The summed E-state index contributed by atoms with van der Waals surface area (Å²) in [4.78, 5) is 34.6. The van der Waals surface area contributed by atoms with Crippen LogP contribution in [0.5, 0.6) is 5.75 Å². The van der Waals surface area contributed by atoms with Crippen LogP contribution in [0.4, 0.5) is 19.0 Å². The average Bonchev–Trinajstić information content (AvgIpc) is 3.46. The predicted octanol–water partition coefficient (Wildman–Crippen LogP) is 4.50. The molecule has 5 rings (SSSR count). The van der Waals surface area contributed by atoms with Crippen molar-refractivity contribution < 1.29 is 27.1 Å². The summed E-state index contributed by atoms with van der Waals surface area (Å²) in [6.45, 7) is -0.0139. The number of alkyl halides is 3. The normalized spacial score (nSPS) is 11.5. The van der Waals surface area contributed by atoms with Crippen LogP contribution in [0, 0.1) is 6.92 Å². The highest BCUT2D eigenvalue weighted by molar-refractivity contribution is 5.98. The molecule has 10 nitrogen and oxygen atoms in total. The Balaban J connectivity index is 1.45. The van der Waals surface area contributed by atoms with E-state index in [0.29, 0.717) is 22.5 Å². The van der Waals surface area contributed by atoms with E-state index in [1.54, 1.807) is 25.3 Å². The molecule has 0 saturated carbocycles. The van der Waals surface area contributed by atoms with Gasteiger partial charge in [0.05, 0.1) is 24.0 Å². The molecule has 0 unspecified atom stereocenters. The summed E-state index contributed by atoms with van der Waals surface area (Å²) in [6, 6.07) is 10.4. The van der Waals surface area contributed by atoms with Crippen molar-refractivity contribution in [1.29, 1.82) is 0 Å². The van der Waals surface area contributed by atoms with E-state index in [1.165, 1.54) is 24.7 Å². The van der Waals surface area contributed by atoms with E-state index in [1.807, 2.05) is 18.2 Å². The number of halogens is 3. The van der Waals surface area contributed by atoms with Crippen LogP contribution < -0.4 is 15.8 Å². The first-order chi connectivity index (χ1) is 18.7. The van der Waals surface area contributed by atoms with Crippen LogP contribution in [0.15, 0.2) is 65.7 Å². The van der Waals surface area contributed by atoms with Crippen molar-refractivity contribution in [3.8, 4) is 28.6 Å². The van der Waals surface area contributed by atoms with E-state index in [0.717, 1.165) is 10.9 Å². The minimum atomic E-state index is -4.49. The molecule has 4 aromatic heterocycles. The highest BCUT2D eigenvalue weighted by Gasteiger charge is 2.29. The quantitative estimate of drug-likeness (QED) is 0.308. The largest absolute Gasteiger partial charge is 0.484 e. The Hall–Kier alpha value is -5.07. The van der Waals surface area contributed by atoms with Gasteiger partial charge in [-0.05, 0) is 31.2 Å². The fourth-order valence-corrected chi connectivity index (χ4v) is 3.83. The Morgan fingerprint density at radius 3 is 2.67 bits per heavy atom. The number of ether oxygens (including phenoxy) is 1. The third-order valence-electron chi connectivity index (χ3n) is 5.72. The Labute approximate surface area is 219 Å². The average molecular weight is 535 g/mol. The van der Waals surface area contributed by atoms with Crippen molar-refractivity contribution in [2.75, 3.05) is 12.3 Å². The number of oxazole rings is 1. The van der Waals surface area contributed by atoms with E-state index < -0.39 is 18.7 Å². The highest BCUT2D eigenvalue weighted by Crippen LogP contribution is 2.31. The van der Waals surface area contributed by atoms with E-state index in [-0.39, 0.29) is 35.4 Å². The number of amides is 1. The van der Waals surface area contributed by atoms with Gasteiger partial charge in [0.1, 0.15) is 17.7 Å². The Morgan fingerprint density at radius 2 is 1.90 bits per heavy atom. The monoisotopic (exact) mass is 535 g/mol. The van der Waals surface area contributed by atoms with Gasteiger partial charge in [-0.2, -0.15) is 13.2 Å². The third-order valence-corrected chi connectivity index (χ3v) is 5.72. The van der Waals surface area contributed by atoms with Gasteiger partial charge >= 0.3 is 6.18 Å². The zero-order chi connectivity index (χ0) is 27.6. The molecule has 0 spiro atoms. The molecule has 39 heavy (non-hydrogen) atoms. The van der Waals surface area contributed by atoms with Crippen LogP contribution in [0.3, 0.4) is 0 Å². The Kier molecular flexibility index (Phi) is 6.79. The summed E-state index contributed by atoms with van der Waals surface area (Å²) in [5.41, 5.74) is 8.56. The SMILES string of the molecule is Cc1c(OCC(F)(F)F)ccnc1CNC(=O)c1nc(-c2ccc3ncccc3c2)c(-c2ncco2)nc1N. The number of pyridine rings is 2. The van der Waals surface area contributed by atoms with Gasteiger partial charge in [-0.15, -0.1) is 0 Å². The molecule has 0 bridgehead atoms. The summed E-state index contributed by atoms with van der Waals surface area (Å²) >= 11 is 0. The molecule has 0 atom stereocenters. The second-order valence-electron chi connectivity index (χ2n) is 8.37. The molecule has 1 amide bonds. The predicted molar refractivity (Wildman–Crippen MR) is 134 cm³/mol. The maximum atomic E-state index is 13.1. The minimum absolute atomic E-state index is 0.00857. The molecule has 0 fully saturated rings. The summed E-state index contributed by atoms with van der Waals surface area (Å²) < 4.78 is 48.0. The number of nitrogens with zero attached hydrogens (tertiary/aromatic N) is 5. The first-order valence-electron chi connectivity index (χ1n) is 11.5. The fourth-order valence-electron chi connectivity index (χ4n) is 3.83. The number of aromatic nitrogens is 5. The lowest BCUT2D eigenvalue weighted by Crippen LogP contribution is -2.27. The molecule has 0 aliphatic rings. The van der Waals surface area contributed by atoms with Crippen LogP contribution in [0.2, 0.25) is 0 Å². The van der Waals surface area contributed by atoms with Crippen molar-refractivity contribution in [3.63, 3.8) is 0 Å². The van der Waals surface area contributed by atoms with Gasteiger partial charge in [-0.1, -0.05) is 12.1 Å². The molecule has 1 aromatic carbocycles. The summed E-state index contributed by atoms with van der Waals surface area (Å²) in [5.74, 6) is -0.656. The maximum Gasteiger partial charge on any atom is 0.422 e. The number of nitrogens with one attached hydrogen (secondary N) is 1. The van der Waals surface area contributed by atoms with Gasteiger partial charge < -0.3 is 20.2 Å². The number of rotatable bonds is 7. The molecule has 4 heterocycles. The molecule has 3 N–H and O–H groups in total. The Morgan fingerprint density at radius 1 is 1.05 bits per heavy atom. The highest BCUT2D eigenvalue weighted by atomic mass is 19.4. The molecular formula is C26H20F3N7O3. The number of nitrogen functional groups attached to an aromatic ring is 1. The number of fused-ring (bicyclic) bond motifs is 1. The molecule has 0 saturated heterocycles. The first-order valence-corrected chi connectivity index (χ1v) is 11.5. The molecule has 13 heteroatoms. The molecular weight excluding hydrogens is 515 g/mol. The van der Waals surface area contributed by atoms with Crippen LogP contribution in [0.1, 0.15) is 21.7 Å². The number of hydrogen-bond acceptors (Lipinski definition) is 9. The van der Waals surface area contributed by atoms with Crippen molar-refractivity contribution >= 4 is 22.6 Å². The molecule has 198 valence electrons. The van der Waals surface area contributed by atoms with Crippen LogP contribution in [-0.4, -0.2) is 43.6 Å². The van der Waals surface area contributed by atoms with Crippen molar-refractivity contribution in [2.24, 2.45) is 0 Å². The van der Waals surface area contributed by atoms with E-state index in [2.05, 4.69) is 30.2 Å². The van der Waals surface area contributed by atoms with Gasteiger partial charge in [-0.25, -0.2) is 15.0 Å². The maximum absolute atomic E-state index is 13.1. The minimum Gasteiger partial charge on any atom is -0.484 e. The Bertz CT molecular complexity index is 1660. The standard InChI is InChI=1S/C26H20F3N7O3/c1-14-18(32-8-6-19(14)39-13-26(27,28)29)12-34-24(37)22-23(30)36-21(25-33-9-10-38-25)20(35-22)16-4-5-17-15(11-16)3-2-7-31-17/h2-11H,12-13H2,1H3,(H2,30,36)(H,34,37). The molecule has 0 radical (unpaired) electrons. The van der Waals surface area contributed by atoms with Gasteiger partial charge in [0.25, 0.3) is 5.91 Å². The lowest BCUT2D eigenvalue weighted by molar-refractivity contribution is -0.153. The molecule has 0 aliphatic heterocycles. The zero-order valence-corrected chi connectivity index (χ0v) is 20.4. The number of anilines is 1. The number of carbonyl (C=O) groups is 1. The molecule has 0 aliphatic carbocycles. The molecule has 5 aromatic rings. The van der Waals surface area contributed by atoms with Gasteiger partial charge in [0.15, 0.2) is 23.8 Å². The van der Waals surface area contributed by atoms with E-state index >= 15 is 0 Å². The van der Waals surface area contributed by atoms with Crippen LogP contribution >= 0.6 is 0 Å². The number of nitrogens with two attached hydrogens (primary N) is 1.